The van der Waals surface area contributed by atoms with Gasteiger partial charge >= 0.3 is 0 Å². The standard InChI is InChI=1S/C14H21N5/c1-3-7-18-14(4-2,12-16)6-5-9-19-10-8-17-13(19)11-15/h8,10,18H,3-7,9H2,1-2H3. The second-order valence-corrected chi connectivity index (χ2v) is 4.63. The second-order valence-electron chi connectivity index (χ2n) is 4.63. The number of nitrogens with zero attached hydrogens (tertiary/aromatic N) is 4. The highest BCUT2D eigenvalue weighted by Gasteiger charge is 2.26. The van der Waals surface area contributed by atoms with E-state index >= 15 is 0 Å². The van der Waals surface area contributed by atoms with E-state index < -0.39 is 5.54 Å². The first-order chi connectivity index (χ1) is 9.21. The lowest BCUT2D eigenvalue weighted by atomic mass is 9.92. The first-order valence-corrected chi connectivity index (χ1v) is 6.79. The maximum atomic E-state index is 9.38. The first kappa shape index (κ1) is 15.2. The molecule has 0 spiro atoms. The van der Waals surface area contributed by atoms with Crippen LogP contribution in [0.2, 0.25) is 0 Å². The molecular weight excluding hydrogens is 238 g/mol. The molecule has 1 rings (SSSR count). The van der Waals surface area contributed by atoms with Crippen LogP contribution >= 0.6 is 0 Å². The molecule has 0 fully saturated rings. The van der Waals surface area contributed by atoms with Crippen molar-refractivity contribution in [3.63, 3.8) is 0 Å². The van der Waals surface area contributed by atoms with E-state index in [2.05, 4.69) is 29.4 Å². The smallest absolute Gasteiger partial charge is 0.212 e. The summed E-state index contributed by atoms with van der Waals surface area (Å²) in [6.07, 6.45) is 6.87. The van der Waals surface area contributed by atoms with Gasteiger partial charge in [0.1, 0.15) is 11.6 Å². The summed E-state index contributed by atoms with van der Waals surface area (Å²) in [7, 11) is 0. The van der Waals surface area contributed by atoms with Gasteiger partial charge in [0, 0.05) is 18.9 Å². The molecule has 0 amide bonds. The van der Waals surface area contributed by atoms with Crippen LogP contribution in [0.15, 0.2) is 12.4 Å². The molecule has 1 atom stereocenters. The van der Waals surface area contributed by atoms with E-state index in [4.69, 9.17) is 5.26 Å². The minimum absolute atomic E-state index is 0.431. The normalized spacial score (nSPS) is 13.5. The van der Waals surface area contributed by atoms with Crippen molar-refractivity contribution in [1.82, 2.24) is 14.9 Å². The van der Waals surface area contributed by atoms with E-state index in [-0.39, 0.29) is 0 Å². The molecule has 1 aromatic rings. The number of rotatable bonds is 8. The van der Waals surface area contributed by atoms with Gasteiger partial charge < -0.3 is 4.57 Å². The maximum Gasteiger partial charge on any atom is 0.212 e. The fraction of sp³-hybridized carbons (Fsp3) is 0.643. The SMILES string of the molecule is CCCNC(C#N)(CC)CCCn1ccnc1C#N. The van der Waals surface area contributed by atoms with Gasteiger partial charge in [-0.15, -0.1) is 0 Å². The van der Waals surface area contributed by atoms with E-state index in [0.29, 0.717) is 5.82 Å². The monoisotopic (exact) mass is 259 g/mol. The van der Waals surface area contributed by atoms with Gasteiger partial charge in [-0.1, -0.05) is 13.8 Å². The summed E-state index contributed by atoms with van der Waals surface area (Å²) >= 11 is 0. The van der Waals surface area contributed by atoms with Crippen molar-refractivity contribution in [2.24, 2.45) is 0 Å². The summed E-state index contributed by atoms with van der Waals surface area (Å²) < 4.78 is 1.83. The molecule has 19 heavy (non-hydrogen) atoms. The molecule has 1 heterocycles. The second kappa shape index (κ2) is 7.56. The third kappa shape index (κ3) is 4.08. The van der Waals surface area contributed by atoms with Gasteiger partial charge in [0.15, 0.2) is 0 Å². The summed E-state index contributed by atoms with van der Waals surface area (Å²) in [5, 5.41) is 21.6. The van der Waals surface area contributed by atoms with E-state index in [9.17, 15) is 5.26 Å². The molecule has 0 radical (unpaired) electrons. The van der Waals surface area contributed by atoms with Crippen LogP contribution in [0.1, 0.15) is 45.4 Å². The van der Waals surface area contributed by atoms with Crippen LogP contribution in [-0.4, -0.2) is 21.6 Å². The fourth-order valence-corrected chi connectivity index (χ4v) is 2.08. The van der Waals surface area contributed by atoms with E-state index in [1.54, 1.807) is 12.4 Å². The van der Waals surface area contributed by atoms with Crippen LogP contribution in [0.5, 0.6) is 0 Å². The van der Waals surface area contributed by atoms with Crippen LogP contribution in [0.4, 0.5) is 0 Å². The Morgan fingerprint density at radius 1 is 1.42 bits per heavy atom. The van der Waals surface area contributed by atoms with E-state index in [1.165, 1.54) is 0 Å². The molecule has 0 bridgehead atoms. The van der Waals surface area contributed by atoms with Crippen molar-refractivity contribution in [3.8, 4) is 12.1 Å². The van der Waals surface area contributed by atoms with Gasteiger partial charge in [0.2, 0.25) is 5.82 Å². The Labute approximate surface area is 114 Å². The van der Waals surface area contributed by atoms with Crippen molar-refractivity contribution < 1.29 is 0 Å². The van der Waals surface area contributed by atoms with E-state index in [1.807, 2.05) is 11.5 Å². The van der Waals surface area contributed by atoms with Gasteiger partial charge in [-0.25, -0.2) is 4.98 Å². The number of imidazole rings is 1. The largest absolute Gasteiger partial charge is 0.323 e. The van der Waals surface area contributed by atoms with Crippen LogP contribution in [0.25, 0.3) is 0 Å². The zero-order chi connectivity index (χ0) is 14.1. The van der Waals surface area contributed by atoms with Gasteiger partial charge in [-0.05, 0) is 32.2 Å². The molecule has 0 saturated heterocycles. The Kier molecular flexibility index (Phi) is 6.05. The molecule has 5 nitrogen and oxygen atoms in total. The zero-order valence-electron chi connectivity index (χ0n) is 11.7. The summed E-state index contributed by atoms with van der Waals surface area (Å²) in [6.45, 7) is 5.70. The highest BCUT2D eigenvalue weighted by molar-refractivity contribution is 5.11. The molecule has 1 N–H and O–H groups in total. The number of hydrogen-bond donors (Lipinski definition) is 1. The van der Waals surface area contributed by atoms with Gasteiger partial charge in [-0.2, -0.15) is 10.5 Å². The minimum atomic E-state index is -0.441. The number of hydrogen-bond acceptors (Lipinski definition) is 4. The minimum Gasteiger partial charge on any atom is -0.323 e. The summed E-state index contributed by atoms with van der Waals surface area (Å²) in [5.74, 6) is 0.431. The van der Waals surface area contributed by atoms with Crippen LogP contribution < -0.4 is 5.32 Å². The quantitative estimate of drug-likeness (QED) is 0.776. The van der Waals surface area contributed by atoms with Gasteiger partial charge in [0.25, 0.3) is 0 Å². The molecule has 5 heteroatoms. The number of nitrogens with one attached hydrogen (secondary N) is 1. The molecule has 0 aliphatic carbocycles. The molecule has 1 aromatic heterocycles. The molecule has 0 aliphatic rings. The molecule has 0 aromatic carbocycles. The highest BCUT2D eigenvalue weighted by atomic mass is 15.1. The Bertz CT molecular complexity index is 465. The summed E-state index contributed by atoms with van der Waals surface area (Å²) in [5.41, 5.74) is -0.441. The van der Waals surface area contributed by atoms with E-state index in [0.717, 1.165) is 38.8 Å². The van der Waals surface area contributed by atoms with Crippen LogP contribution in [0, 0.1) is 22.7 Å². The van der Waals surface area contributed by atoms with Gasteiger partial charge in [0.05, 0.1) is 6.07 Å². The first-order valence-electron chi connectivity index (χ1n) is 6.79. The Morgan fingerprint density at radius 2 is 2.21 bits per heavy atom. The number of aryl methyl sites for hydroxylation is 1. The van der Waals surface area contributed by atoms with Crippen molar-refractivity contribution >= 4 is 0 Å². The number of nitriles is 2. The average Bonchev–Trinajstić information content (AvgIpc) is 2.90. The molecule has 102 valence electrons. The third-order valence-electron chi connectivity index (χ3n) is 3.35. The van der Waals surface area contributed by atoms with Crippen molar-refractivity contribution in [2.75, 3.05) is 6.54 Å². The van der Waals surface area contributed by atoms with Gasteiger partial charge in [-0.3, -0.25) is 5.32 Å². The lowest BCUT2D eigenvalue weighted by Crippen LogP contribution is -2.43. The van der Waals surface area contributed by atoms with Crippen LogP contribution in [0.3, 0.4) is 0 Å². The Balaban J connectivity index is 2.54. The summed E-state index contributed by atoms with van der Waals surface area (Å²) in [6, 6.07) is 4.46. The predicted octanol–water partition coefficient (Wildman–Crippen LogP) is 2.21. The molecular formula is C14H21N5. The predicted molar refractivity (Wildman–Crippen MR) is 73.1 cm³/mol. The highest BCUT2D eigenvalue weighted by Crippen LogP contribution is 2.17. The molecule has 1 unspecified atom stereocenters. The number of aromatic nitrogens is 2. The maximum absolute atomic E-state index is 9.38. The van der Waals surface area contributed by atoms with Crippen molar-refractivity contribution in [1.29, 1.82) is 10.5 Å². The average molecular weight is 259 g/mol. The summed E-state index contributed by atoms with van der Waals surface area (Å²) in [4.78, 5) is 3.96. The zero-order valence-corrected chi connectivity index (χ0v) is 11.7. The van der Waals surface area contributed by atoms with Crippen molar-refractivity contribution in [2.45, 2.75) is 51.6 Å². The topological polar surface area (TPSA) is 77.4 Å². The van der Waals surface area contributed by atoms with Crippen LogP contribution in [-0.2, 0) is 6.54 Å². The Morgan fingerprint density at radius 3 is 2.79 bits per heavy atom. The fourth-order valence-electron chi connectivity index (χ4n) is 2.08. The Hall–Kier alpha value is -1.85. The lowest BCUT2D eigenvalue weighted by molar-refractivity contribution is 0.355. The molecule has 0 saturated carbocycles. The molecule has 0 aliphatic heterocycles. The van der Waals surface area contributed by atoms with Crippen molar-refractivity contribution in [3.05, 3.63) is 18.2 Å². The lowest BCUT2D eigenvalue weighted by Gasteiger charge is -2.26. The third-order valence-corrected chi connectivity index (χ3v) is 3.35.